The molecule has 0 aliphatic carbocycles. The first-order valence-electron chi connectivity index (χ1n) is 5.60. The zero-order valence-electron chi connectivity index (χ0n) is 10.1. The predicted octanol–water partition coefficient (Wildman–Crippen LogP) is 3.88. The van der Waals surface area contributed by atoms with Gasteiger partial charge in [-0.3, -0.25) is 0 Å². The van der Waals surface area contributed by atoms with E-state index in [1.54, 1.807) is 6.07 Å². The summed E-state index contributed by atoms with van der Waals surface area (Å²) in [6.07, 6.45) is 0. The van der Waals surface area contributed by atoms with Crippen LogP contribution in [0.3, 0.4) is 0 Å². The van der Waals surface area contributed by atoms with E-state index in [0.717, 1.165) is 9.13 Å². The first-order chi connectivity index (χ1) is 9.47. The number of benzene rings is 2. The van der Waals surface area contributed by atoms with Crippen LogP contribution in [0, 0.1) is 7.14 Å². The summed E-state index contributed by atoms with van der Waals surface area (Å²) in [6, 6.07) is 10.8. The molecule has 0 amide bonds. The van der Waals surface area contributed by atoms with Crippen LogP contribution in [0.2, 0.25) is 0 Å². The van der Waals surface area contributed by atoms with E-state index in [4.69, 9.17) is 9.84 Å². The van der Waals surface area contributed by atoms with Gasteiger partial charge in [-0.15, -0.1) is 0 Å². The quantitative estimate of drug-likeness (QED) is 0.632. The van der Waals surface area contributed by atoms with Gasteiger partial charge in [0, 0.05) is 13.2 Å². The van der Waals surface area contributed by atoms with Gasteiger partial charge in [-0.25, -0.2) is 4.79 Å². The molecule has 0 aromatic heterocycles. The lowest BCUT2D eigenvalue weighted by atomic mass is 10.2. The van der Waals surface area contributed by atoms with Crippen molar-refractivity contribution in [2.45, 2.75) is 6.61 Å². The predicted molar refractivity (Wildman–Crippen MR) is 91.3 cm³/mol. The Hall–Kier alpha value is -1.03. The normalized spacial score (nSPS) is 10.3. The summed E-state index contributed by atoms with van der Waals surface area (Å²) in [4.78, 5) is 11.0. The smallest absolute Gasteiger partial charge is 0.340 e. The van der Waals surface area contributed by atoms with Crippen LogP contribution >= 0.6 is 45.2 Å². The molecule has 2 aromatic carbocycles. The van der Waals surface area contributed by atoms with Gasteiger partial charge in [-0.05, 0) is 68.9 Å². The molecule has 0 atom stereocenters. The largest absolute Gasteiger partial charge is 0.507 e. The molecular formula is C14H10I2O4. The highest BCUT2D eigenvalue weighted by Gasteiger charge is 2.15. The zero-order valence-corrected chi connectivity index (χ0v) is 14.5. The fraction of sp³-hybridized carbons (Fsp3) is 0.0714. The Morgan fingerprint density at radius 3 is 2.35 bits per heavy atom. The second kappa shape index (κ2) is 6.61. The Kier molecular flexibility index (Phi) is 5.08. The molecule has 2 rings (SSSR count). The van der Waals surface area contributed by atoms with Crippen LogP contribution in [0.5, 0.6) is 11.5 Å². The molecule has 0 heterocycles. The number of phenols is 1. The van der Waals surface area contributed by atoms with Crippen LogP contribution in [0.25, 0.3) is 0 Å². The van der Waals surface area contributed by atoms with Crippen LogP contribution < -0.4 is 4.74 Å². The summed E-state index contributed by atoms with van der Waals surface area (Å²) < 4.78 is 7.15. The molecule has 2 N–H and O–H groups in total. The Labute approximate surface area is 143 Å². The highest BCUT2D eigenvalue weighted by molar-refractivity contribution is 14.1. The van der Waals surface area contributed by atoms with Crippen LogP contribution in [0.4, 0.5) is 0 Å². The van der Waals surface area contributed by atoms with Gasteiger partial charge in [-0.2, -0.15) is 0 Å². The standard InChI is InChI=1S/C14H10I2O4/c15-9-3-1-8(2-4-9)7-20-10-5-11(16)13(14(18)19)12(17)6-10/h1-6,17H,7H2,(H,18,19). The van der Waals surface area contributed by atoms with Crippen molar-refractivity contribution in [2.75, 3.05) is 0 Å². The topological polar surface area (TPSA) is 66.8 Å². The fourth-order valence-corrected chi connectivity index (χ4v) is 2.78. The first kappa shape index (κ1) is 15.4. The first-order valence-corrected chi connectivity index (χ1v) is 7.76. The Morgan fingerprint density at radius 1 is 1.15 bits per heavy atom. The molecule has 0 aliphatic heterocycles. The average Bonchev–Trinajstić information content (AvgIpc) is 2.37. The number of aromatic hydroxyl groups is 1. The minimum atomic E-state index is -1.16. The molecule has 2 aromatic rings. The Bertz CT molecular complexity index is 615. The summed E-state index contributed by atoms with van der Waals surface area (Å²) >= 11 is 4.09. The highest BCUT2D eigenvalue weighted by atomic mass is 127. The lowest BCUT2D eigenvalue weighted by Crippen LogP contribution is -2.02. The van der Waals surface area contributed by atoms with Crippen molar-refractivity contribution in [3.05, 3.63) is 54.7 Å². The Balaban J connectivity index is 2.14. The Morgan fingerprint density at radius 2 is 1.80 bits per heavy atom. The summed E-state index contributed by atoms with van der Waals surface area (Å²) in [5.41, 5.74) is 0.898. The van der Waals surface area contributed by atoms with Gasteiger partial charge in [0.25, 0.3) is 0 Å². The van der Waals surface area contributed by atoms with Gasteiger partial charge in [0.15, 0.2) is 0 Å². The zero-order chi connectivity index (χ0) is 14.7. The number of hydrogen-bond acceptors (Lipinski definition) is 3. The van der Waals surface area contributed by atoms with E-state index in [1.807, 2.05) is 46.9 Å². The molecule has 0 bridgehead atoms. The second-order valence-corrected chi connectivity index (χ2v) is 6.43. The molecule has 0 aliphatic rings. The number of carboxylic acid groups (broad SMARTS) is 1. The summed E-state index contributed by atoms with van der Waals surface area (Å²) in [6.45, 7) is 0.360. The lowest BCUT2D eigenvalue weighted by Gasteiger charge is -2.09. The molecule has 20 heavy (non-hydrogen) atoms. The van der Waals surface area contributed by atoms with E-state index in [9.17, 15) is 9.90 Å². The minimum Gasteiger partial charge on any atom is -0.507 e. The molecule has 104 valence electrons. The SMILES string of the molecule is O=C(O)c1c(O)cc(OCc2ccc(I)cc2)cc1I. The highest BCUT2D eigenvalue weighted by Crippen LogP contribution is 2.29. The van der Waals surface area contributed by atoms with Crippen molar-refractivity contribution in [2.24, 2.45) is 0 Å². The van der Waals surface area contributed by atoms with E-state index in [1.165, 1.54) is 6.07 Å². The van der Waals surface area contributed by atoms with Gasteiger partial charge in [-0.1, -0.05) is 12.1 Å². The van der Waals surface area contributed by atoms with Gasteiger partial charge in [0.2, 0.25) is 0 Å². The maximum absolute atomic E-state index is 11.0. The summed E-state index contributed by atoms with van der Waals surface area (Å²) in [5, 5.41) is 18.7. The number of ether oxygens (including phenoxy) is 1. The molecule has 0 unspecified atom stereocenters. The molecule has 0 spiro atoms. The van der Waals surface area contributed by atoms with Gasteiger partial charge in [0.1, 0.15) is 23.7 Å². The van der Waals surface area contributed by atoms with Crippen LogP contribution in [-0.2, 0) is 6.61 Å². The van der Waals surface area contributed by atoms with E-state index in [-0.39, 0.29) is 11.3 Å². The van der Waals surface area contributed by atoms with Crippen molar-refractivity contribution in [1.29, 1.82) is 0 Å². The molecular weight excluding hydrogens is 486 g/mol. The van der Waals surface area contributed by atoms with Crippen molar-refractivity contribution in [3.63, 3.8) is 0 Å². The van der Waals surface area contributed by atoms with Gasteiger partial charge >= 0.3 is 5.97 Å². The molecule has 6 heteroatoms. The van der Waals surface area contributed by atoms with Gasteiger partial charge in [0.05, 0.1) is 0 Å². The lowest BCUT2D eigenvalue weighted by molar-refractivity contribution is 0.0692. The minimum absolute atomic E-state index is 0.104. The second-order valence-electron chi connectivity index (χ2n) is 4.02. The number of rotatable bonds is 4. The number of halogens is 2. The molecule has 0 fully saturated rings. The van der Waals surface area contributed by atoms with E-state index in [2.05, 4.69) is 22.6 Å². The molecule has 0 saturated carbocycles. The van der Waals surface area contributed by atoms with Crippen molar-refractivity contribution in [1.82, 2.24) is 0 Å². The number of carbonyl (C=O) groups is 1. The maximum Gasteiger partial charge on any atom is 0.340 e. The van der Waals surface area contributed by atoms with Gasteiger partial charge < -0.3 is 14.9 Å². The van der Waals surface area contributed by atoms with Crippen LogP contribution in [0.15, 0.2) is 36.4 Å². The van der Waals surface area contributed by atoms with E-state index >= 15 is 0 Å². The fourth-order valence-electron chi connectivity index (χ4n) is 1.61. The van der Waals surface area contributed by atoms with Crippen LogP contribution in [0.1, 0.15) is 15.9 Å². The molecule has 0 radical (unpaired) electrons. The third-order valence-corrected chi connectivity index (χ3v) is 4.15. The van der Waals surface area contributed by atoms with Crippen molar-refractivity contribution >= 4 is 51.2 Å². The third kappa shape index (κ3) is 3.75. The molecule has 4 nitrogen and oxygen atoms in total. The van der Waals surface area contributed by atoms with E-state index < -0.39 is 5.97 Å². The van der Waals surface area contributed by atoms with Crippen LogP contribution in [-0.4, -0.2) is 16.2 Å². The summed E-state index contributed by atoms with van der Waals surface area (Å²) in [7, 11) is 0. The monoisotopic (exact) mass is 496 g/mol. The molecule has 0 saturated heterocycles. The summed E-state index contributed by atoms with van der Waals surface area (Å²) in [5.74, 6) is -1.01. The third-order valence-electron chi connectivity index (χ3n) is 2.58. The maximum atomic E-state index is 11.0. The van der Waals surface area contributed by atoms with E-state index in [0.29, 0.717) is 15.9 Å². The van der Waals surface area contributed by atoms with Crippen molar-refractivity contribution in [3.8, 4) is 11.5 Å². The number of aromatic carboxylic acids is 1. The number of carboxylic acids is 1. The average molecular weight is 496 g/mol. The number of hydrogen-bond donors (Lipinski definition) is 2. The van der Waals surface area contributed by atoms with Crippen molar-refractivity contribution < 1.29 is 19.7 Å².